The standard InChI is InChI=1S/C22H24F3N5O3/c1-13(21(32)27-12-18(31)28-16-6-5-15(23)19(24)20(16)25)30-10-7-14(8-11-30)22(33)29-17-4-2-3-9-26-17/h2-6,9,13-14H,7-8,10-12H2,1H3,(H,27,32)(H,28,31)(H,26,29,33). The Morgan fingerprint density at radius 2 is 1.79 bits per heavy atom. The quantitative estimate of drug-likeness (QED) is 0.547. The van der Waals surface area contributed by atoms with Crippen molar-refractivity contribution >= 4 is 29.2 Å². The maximum atomic E-state index is 13.6. The summed E-state index contributed by atoms with van der Waals surface area (Å²) < 4.78 is 39.9. The van der Waals surface area contributed by atoms with Crippen molar-refractivity contribution in [3.05, 3.63) is 54.0 Å². The summed E-state index contributed by atoms with van der Waals surface area (Å²) in [6, 6.07) is 6.26. The molecule has 33 heavy (non-hydrogen) atoms. The molecule has 1 aliphatic rings. The van der Waals surface area contributed by atoms with Crippen molar-refractivity contribution in [2.45, 2.75) is 25.8 Å². The van der Waals surface area contributed by atoms with Gasteiger partial charge >= 0.3 is 0 Å². The van der Waals surface area contributed by atoms with Crippen LogP contribution in [0.2, 0.25) is 0 Å². The van der Waals surface area contributed by atoms with E-state index in [0.717, 1.165) is 6.07 Å². The van der Waals surface area contributed by atoms with E-state index in [1.54, 1.807) is 31.3 Å². The van der Waals surface area contributed by atoms with Gasteiger partial charge in [-0.25, -0.2) is 18.2 Å². The van der Waals surface area contributed by atoms with Crippen LogP contribution in [-0.4, -0.2) is 53.3 Å². The Morgan fingerprint density at radius 1 is 1.06 bits per heavy atom. The second-order valence-corrected chi connectivity index (χ2v) is 7.68. The topological polar surface area (TPSA) is 103 Å². The average molecular weight is 463 g/mol. The van der Waals surface area contributed by atoms with Gasteiger partial charge in [0.15, 0.2) is 17.5 Å². The number of nitrogens with one attached hydrogen (secondary N) is 3. The third-order valence-electron chi connectivity index (χ3n) is 5.48. The maximum absolute atomic E-state index is 13.6. The molecule has 1 atom stereocenters. The lowest BCUT2D eigenvalue weighted by Crippen LogP contribution is -2.50. The minimum Gasteiger partial charge on any atom is -0.346 e. The van der Waals surface area contributed by atoms with Crippen molar-refractivity contribution in [3.63, 3.8) is 0 Å². The third-order valence-corrected chi connectivity index (χ3v) is 5.48. The number of piperidine rings is 1. The predicted octanol–water partition coefficient (Wildman–Crippen LogP) is 2.29. The summed E-state index contributed by atoms with van der Waals surface area (Å²) in [5, 5.41) is 7.31. The number of hydrogen-bond donors (Lipinski definition) is 3. The summed E-state index contributed by atoms with van der Waals surface area (Å²) in [5.74, 6) is -5.62. The second-order valence-electron chi connectivity index (χ2n) is 7.68. The van der Waals surface area contributed by atoms with Gasteiger partial charge in [0.2, 0.25) is 17.7 Å². The van der Waals surface area contributed by atoms with E-state index in [9.17, 15) is 27.6 Å². The SMILES string of the molecule is CC(C(=O)NCC(=O)Nc1ccc(F)c(F)c1F)N1CCC(C(=O)Nc2ccccn2)CC1. The number of aromatic nitrogens is 1. The fourth-order valence-corrected chi connectivity index (χ4v) is 3.51. The molecule has 0 aliphatic carbocycles. The molecular weight excluding hydrogens is 439 g/mol. The first-order valence-electron chi connectivity index (χ1n) is 10.4. The highest BCUT2D eigenvalue weighted by molar-refractivity contribution is 5.95. The van der Waals surface area contributed by atoms with Gasteiger partial charge in [-0.15, -0.1) is 0 Å². The van der Waals surface area contributed by atoms with Crippen molar-refractivity contribution in [3.8, 4) is 0 Å². The van der Waals surface area contributed by atoms with Gasteiger partial charge < -0.3 is 16.0 Å². The molecule has 1 aromatic carbocycles. The number of anilines is 2. The number of carbonyl (C=O) groups is 3. The zero-order valence-electron chi connectivity index (χ0n) is 17.9. The van der Waals surface area contributed by atoms with Crippen molar-refractivity contribution in [2.75, 3.05) is 30.3 Å². The molecule has 8 nitrogen and oxygen atoms in total. The van der Waals surface area contributed by atoms with Crippen LogP contribution in [0.4, 0.5) is 24.7 Å². The predicted molar refractivity (Wildman–Crippen MR) is 115 cm³/mol. The summed E-state index contributed by atoms with van der Waals surface area (Å²) in [6.45, 7) is 2.24. The number of hydrogen-bond acceptors (Lipinski definition) is 5. The van der Waals surface area contributed by atoms with Gasteiger partial charge in [-0.1, -0.05) is 6.07 Å². The third kappa shape index (κ3) is 6.28. The number of amides is 3. The Balaban J connectivity index is 1.43. The Bertz CT molecular complexity index is 1010. The Labute approximate surface area is 188 Å². The maximum Gasteiger partial charge on any atom is 0.243 e. The van der Waals surface area contributed by atoms with E-state index in [-0.39, 0.29) is 11.8 Å². The second kappa shape index (κ2) is 10.9. The molecule has 3 rings (SSSR count). The van der Waals surface area contributed by atoms with E-state index >= 15 is 0 Å². The van der Waals surface area contributed by atoms with E-state index < -0.39 is 47.5 Å². The largest absolute Gasteiger partial charge is 0.346 e. The first-order valence-corrected chi connectivity index (χ1v) is 10.4. The minimum absolute atomic E-state index is 0.119. The molecule has 1 aromatic heterocycles. The minimum atomic E-state index is -1.69. The zero-order valence-corrected chi connectivity index (χ0v) is 17.9. The van der Waals surface area contributed by atoms with Crippen LogP contribution in [-0.2, 0) is 14.4 Å². The lowest BCUT2D eigenvalue weighted by atomic mass is 9.95. The van der Waals surface area contributed by atoms with Gasteiger partial charge in [-0.2, -0.15) is 0 Å². The number of halogens is 3. The molecule has 0 bridgehead atoms. The van der Waals surface area contributed by atoms with Crippen LogP contribution >= 0.6 is 0 Å². The summed E-state index contributed by atoms with van der Waals surface area (Å²) in [4.78, 5) is 42.7. The lowest BCUT2D eigenvalue weighted by Gasteiger charge is -2.34. The summed E-state index contributed by atoms with van der Waals surface area (Å²) in [7, 11) is 0. The van der Waals surface area contributed by atoms with Crippen molar-refractivity contribution in [1.82, 2.24) is 15.2 Å². The van der Waals surface area contributed by atoms with Crippen LogP contribution in [0.25, 0.3) is 0 Å². The fourth-order valence-electron chi connectivity index (χ4n) is 3.51. The van der Waals surface area contributed by atoms with Crippen molar-refractivity contribution in [2.24, 2.45) is 5.92 Å². The lowest BCUT2D eigenvalue weighted by molar-refractivity contribution is -0.129. The number of pyridine rings is 1. The van der Waals surface area contributed by atoms with Crippen LogP contribution in [0, 0.1) is 23.4 Å². The molecular formula is C22H24F3N5O3. The van der Waals surface area contributed by atoms with Crippen LogP contribution in [0.5, 0.6) is 0 Å². The first-order chi connectivity index (χ1) is 15.8. The van der Waals surface area contributed by atoms with Crippen LogP contribution in [0.15, 0.2) is 36.5 Å². The molecule has 2 heterocycles. The molecule has 1 aliphatic heterocycles. The molecule has 11 heteroatoms. The zero-order chi connectivity index (χ0) is 24.0. The van der Waals surface area contributed by atoms with Gasteiger partial charge in [0.25, 0.3) is 0 Å². The van der Waals surface area contributed by atoms with Crippen LogP contribution in [0.3, 0.4) is 0 Å². The molecule has 3 N–H and O–H groups in total. The molecule has 176 valence electrons. The highest BCUT2D eigenvalue weighted by Gasteiger charge is 2.30. The molecule has 0 radical (unpaired) electrons. The van der Waals surface area contributed by atoms with E-state index in [2.05, 4.69) is 20.9 Å². The smallest absolute Gasteiger partial charge is 0.243 e. The first kappa shape index (κ1) is 24.2. The van der Waals surface area contributed by atoms with Gasteiger partial charge in [-0.3, -0.25) is 19.3 Å². The molecule has 1 unspecified atom stereocenters. The Kier molecular flexibility index (Phi) is 7.99. The highest BCUT2D eigenvalue weighted by Crippen LogP contribution is 2.21. The van der Waals surface area contributed by atoms with Crippen LogP contribution < -0.4 is 16.0 Å². The molecule has 0 saturated carbocycles. The molecule has 0 spiro atoms. The van der Waals surface area contributed by atoms with E-state index in [4.69, 9.17) is 0 Å². The summed E-state index contributed by atoms with van der Waals surface area (Å²) >= 11 is 0. The molecule has 1 saturated heterocycles. The van der Waals surface area contributed by atoms with Crippen LogP contribution in [0.1, 0.15) is 19.8 Å². The summed E-state index contributed by atoms with van der Waals surface area (Å²) in [6.07, 6.45) is 2.71. The van der Waals surface area contributed by atoms with Gasteiger partial charge in [0, 0.05) is 12.1 Å². The number of carbonyl (C=O) groups excluding carboxylic acids is 3. The summed E-state index contributed by atoms with van der Waals surface area (Å²) in [5.41, 5.74) is -0.521. The van der Waals surface area contributed by atoms with E-state index in [0.29, 0.717) is 37.8 Å². The number of benzene rings is 1. The van der Waals surface area contributed by atoms with Crippen molar-refractivity contribution < 1.29 is 27.6 Å². The molecule has 2 aromatic rings. The van der Waals surface area contributed by atoms with Gasteiger partial charge in [0.05, 0.1) is 18.3 Å². The van der Waals surface area contributed by atoms with Gasteiger partial charge in [-0.05, 0) is 57.1 Å². The van der Waals surface area contributed by atoms with E-state index in [1.807, 2.05) is 4.90 Å². The number of nitrogens with zero attached hydrogens (tertiary/aromatic N) is 2. The monoisotopic (exact) mass is 463 g/mol. The molecule has 3 amide bonds. The highest BCUT2D eigenvalue weighted by atomic mass is 19.2. The number of likely N-dealkylation sites (tertiary alicyclic amines) is 1. The Hall–Kier alpha value is -3.47. The van der Waals surface area contributed by atoms with E-state index in [1.165, 1.54) is 0 Å². The molecule has 1 fully saturated rings. The fraction of sp³-hybridized carbons (Fsp3) is 0.364. The van der Waals surface area contributed by atoms with Crippen molar-refractivity contribution in [1.29, 1.82) is 0 Å². The Morgan fingerprint density at radius 3 is 2.45 bits per heavy atom. The van der Waals surface area contributed by atoms with Gasteiger partial charge in [0.1, 0.15) is 5.82 Å². The normalized spacial score (nSPS) is 15.5. The number of rotatable bonds is 7. The average Bonchev–Trinajstić information content (AvgIpc) is 2.83.